The van der Waals surface area contributed by atoms with Gasteiger partial charge in [0.25, 0.3) is 5.69 Å². The van der Waals surface area contributed by atoms with Crippen LogP contribution in [0.1, 0.15) is 20.8 Å². The van der Waals surface area contributed by atoms with E-state index in [4.69, 9.17) is 4.42 Å². The lowest BCUT2D eigenvalue weighted by Gasteiger charge is -2.17. The molecular weight excluding hydrogens is 290 g/mol. The Morgan fingerprint density at radius 3 is 2.68 bits per heavy atom. The van der Waals surface area contributed by atoms with E-state index in [1.54, 1.807) is 0 Å². The molecule has 0 spiro atoms. The van der Waals surface area contributed by atoms with Gasteiger partial charge in [-0.3, -0.25) is 19.5 Å². The van der Waals surface area contributed by atoms with Crippen LogP contribution in [0.4, 0.5) is 5.69 Å². The number of carbonyl (C=O) groups is 1. The fourth-order valence-corrected chi connectivity index (χ4v) is 1.93. The minimum atomic E-state index is -0.720. The predicted molar refractivity (Wildman–Crippen MR) is 79.6 cm³/mol. The number of hydrogen-bond donors (Lipinski definition) is 1. The van der Waals surface area contributed by atoms with E-state index in [2.05, 4.69) is 5.32 Å². The summed E-state index contributed by atoms with van der Waals surface area (Å²) in [6.07, 6.45) is 0. The number of rotatable bonds is 5. The maximum Gasteiger partial charge on any atom is 0.420 e. The zero-order chi connectivity index (χ0) is 16.4. The SMILES string of the molecule is CC(C)C(C)NC(=O)Cn1c(=O)oc2cc([N+](=O)[O-])ccc21. The molecule has 8 heteroatoms. The summed E-state index contributed by atoms with van der Waals surface area (Å²) in [6, 6.07) is 3.81. The summed E-state index contributed by atoms with van der Waals surface area (Å²) in [5.41, 5.74) is 0.262. The van der Waals surface area contributed by atoms with Crippen LogP contribution in [0.3, 0.4) is 0 Å². The summed E-state index contributed by atoms with van der Waals surface area (Å²) in [6.45, 7) is 5.63. The van der Waals surface area contributed by atoms with E-state index in [9.17, 15) is 19.7 Å². The van der Waals surface area contributed by atoms with E-state index in [1.165, 1.54) is 18.2 Å². The lowest BCUT2D eigenvalue weighted by atomic mass is 10.1. The number of nitrogens with one attached hydrogen (secondary N) is 1. The molecule has 22 heavy (non-hydrogen) atoms. The van der Waals surface area contributed by atoms with Crippen molar-refractivity contribution in [3.63, 3.8) is 0 Å². The molecule has 118 valence electrons. The van der Waals surface area contributed by atoms with Gasteiger partial charge in [-0.15, -0.1) is 0 Å². The molecule has 0 saturated carbocycles. The number of nitro benzene ring substituents is 1. The van der Waals surface area contributed by atoms with Gasteiger partial charge in [0.05, 0.1) is 16.5 Å². The largest absolute Gasteiger partial charge is 0.420 e. The van der Waals surface area contributed by atoms with Gasteiger partial charge >= 0.3 is 5.76 Å². The van der Waals surface area contributed by atoms with E-state index in [1.807, 2.05) is 20.8 Å². The Kier molecular flexibility index (Phi) is 4.30. The van der Waals surface area contributed by atoms with E-state index in [-0.39, 0.29) is 35.7 Å². The highest BCUT2D eigenvalue weighted by Gasteiger charge is 2.17. The number of carbonyl (C=O) groups excluding carboxylic acids is 1. The van der Waals surface area contributed by atoms with Crippen LogP contribution < -0.4 is 11.1 Å². The highest BCUT2D eigenvalue weighted by molar-refractivity contribution is 5.80. The molecule has 1 aromatic heterocycles. The Morgan fingerprint density at radius 2 is 2.09 bits per heavy atom. The van der Waals surface area contributed by atoms with Crippen molar-refractivity contribution in [1.29, 1.82) is 0 Å². The van der Waals surface area contributed by atoms with Gasteiger partial charge in [0, 0.05) is 12.1 Å². The van der Waals surface area contributed by atoms with E-state index in [0.29, 0.717) is 5.52 Å². The van der Waals surface area contributed by atoms with Crippen molar-refractivity contribution in [2.75, 3.05) is 0 Å². The van der Waals surface area contributed by atoms with E-state index < -0.39 is 10.7 Å². The van der Waals surface area contributed by atoms with Gasteiger partial charge in [-0.2, -0.15) is 0 Å². The monoisotopic (exact) mass is 307 g/mol. The second kappa shape index (κ2) is 6.00. The highest BCUT2D eigenvalue weighted by Crippen LogP contribution is 2.19. The molecule has 8 nitrogen and oxygen atoms in total. The molecule has 0 fully saturated rings. The van der Waals surface area contributed by atoms with Crippen molar-refractivity contribution in [3.05, 3.63) is 38.9 Å². The maximum atomic E-state index is 12.0. The van der Waals surface area contributed by atoms with Crippen LogP contribution >= 0.6 is 0 Å². The van der Waals surface area contributed by atoms with Gasteiger partial charge in [-0.1, -0.05) is 13.8 Å². The fourth-order valence-electron chi connectivity index (χ4n) is 1.93. The first-order valence-corrected chi connectivity index (χ1v) is 6.86. The van der Waals surface area contributed by atoms with Crippen LogP contribution in [0.2, 0.25) is 0 Å². The van der Waals surface area contributed by atoms with Crippen LogP contribution in [-0.2, 0) is 11.3 Å². The number of amides is 1. The molecular formula is C14H17N3O5. The first kappa shape index (κ1) is 15.7. The number of oxazole rings is 1. The third kappa shape index (κ3) is 3.16. The van der Waals surface area contributed by atoms with Gasteiger partial charge in [-0.25, -0.2) is 4.79 Å². The zero-order valence-electron chi connectivity index (χ0n) is 12.5. The summed E-state index contributed by atoms with van der Waals surface area (Å²) >= 11 is 0. The summed E-state index contributed by atoms with van der Waals surface area (Å²) in [4.78, 5) is 33.9. The summed E-state index contributed by atoms with van der Waals surface area (Å²) < 4.78 is 6.12. The molecule has 1 heterocycles. The molecule has 1 amide bonds. The van der Waals surface area contributed by atoms with Crippen LogP contribution in [-0.4, -0.2) is 21.4 Å². The van der Waals surface area contributed by atoms with Crippen LogP contribution in [0.15, 0.2) is 27.4 Å². The number of fused-ring (bicyclic) bond motifs is 1. The van der Waals surface area contributed by atoms with Gasteiger partial charge in [0.15, 0.2) is 5.58 Å². The van der Waals surface area contributed by atoms with Gasteiger partial charge in [0.2, 0.25) is 5.91 Å². The molecule has 0 aliphatic rings. The maximum absolute atomic E-state index is 12.0. The Morgan fingerprint density at radius 1 is 1.41 bits per heavy atom. The average Bonchev–Trinajstić information content (AvgIpc) is 2.74. The molecule has 0 bridgehead atoms. The Balaban J connectivity index is 2.28. The first-order valence-electron chi connectivity index (χ1n) is 6.86. The minimum Gasteiger partial charge on any atom is -0.407 e. The topological polar surface area (TPSA) is 107 Å². The van der Waals surface area contributed by atoms with E-state index in [0.717, 1.165) is 4.57 Å². The summed E-state index contributed by atoms with van der Waals surface area (Å²) in [5, 5.41) is 13.5. The van der Waals surface area contributed by atoms with Gasteiger partial charge < -0.3 is 9.73 Å². The molecule has 0 radical (unpaired) electrons. The number of nitro groups is 1. The van der Waals surface area contributed by atoms with Crippen molar-refractivity contribution in [2.45, 2.75) is 33.4 Å². The number of aromatic nitrogens is 1. The molecule has 2 rings (SSSR count). The smallest absolute Gasteiger partial charge is 0.407 e. The Hall–Kier alpha value is -2.64. The normalized spacial score (nSPS) is 12.5. The van der Waals surface area contributed by atoms with Crippen molar-refractivity contribution >= 4 is 22.7 Å². The van der Waals surface area contributed by atoms with Crippen molar-refractivity contribution in [1.82, 2.24) is 9.88 Å². The second-order valence-corrected chi connectivity index (χ2v) is 5.46. The molecule has 1 unspecified atom stereocenters. The molecule has 1 aromatic carbocycles. The molecule has 1 atom stereocenters. The first-order chi connectivity index (χ1) is 10.3. The minimum absolute atomic E-state index is 0.0255. The van der Waals surface area contributed by atoms with Crippen molar-refractivity contribution in [2.24, 2.45) is 5.92 Å². The molecule has 2 aromatic rings. The molecule has 0 aliphatic carbocycles. The van der Waals surface area contributed by atoms with Crippen molar-refractivity contribution < 1.29 is 14.1 Å². The summed E-state index contributed by atoms with van der Waals surface area (Å²) in [5.74, 6) is -0.767. The number of nitrogens with zero attached hydrogens (tertiary/aromatic N) is 2. The zero-order valence-corrected chi connectivity index (χ0v) is 12.5. The van der Waals surface area contributed by atoms with Crippen molar-refractivity contribution in [3.8, 4) is 0 Å². The standard InChI is InChI=1S/C14H17N3O5/c1-8(2)9(3)15-13(18)7-16-11-5-4-10(17(20)21)6-12(11)22-14(16)19/h4-6,8-9H,7H2,1-3H3,(H,15,18). The number of non-ortho nitro benzene ring substituents is 1. The lowest BCUT2D eigenvalue weighted by molar-refractivity contribution is -0.384. The average molecular weight is 307 g/mol. The predicted octanol–water partition coefficient (Wildman–Crippen LogP) is 1.66. The second-order valence-electron chi connectivity index (χ2n) is 5.46. The third-order valence-corrected chi connectivity index (χ3v) is 3.55. The van der Waals surface area contributed by atoms with Crippen LogP contribution in [0.25, 0.3) is 11.1 Å². The Bertz CT molecular complexity index is 774. The number of benzene rings is 1. The molecule has 1 N–H and O–H groups in total. The van der Waals surface area contributed by atoms with Gasteiger partial charge in [-0.05, 0) is 18.9 Å². The molecule has 0 saturated heterocycles. The quantitative estimate of drug-likeness (QED) is 0.667. The van der Waals surface area contributed by atoms with Crippen LogP contribution in [0.5, 0.6) is 0 Å². The fraction of sp³-hybridized carbons (Fsp3) is 0.429. The van der Waals surface area contributed by atoms with Crippen LogP contribution in [0, 0.1) is 16.0 Å². The van der Waals surface area contributed by atoms with Gasteiger partial charge in [0.1, 0.15) is 6.54 Å². The third-order valence-electron chi connectivity index (χ3n) is 3.55. The Labute approximate surface area is 125 Å². The molecule has 0 aliphatic heterocycles. The lowest BCUT2D eigenvalue weighted by Crippen LogP contribution is -2.39. The highest BCUT2D eigenvalue weighted by atomic mass is 16.6. The summed E-state index contributed by atoms with van der Waals surface area (Å²) in [7, 11) is 0. The number of hydrogen-bond acceptors (Lipinski definition) is 5. The van der Waals surface area contributed by atoms with E-state index >= 15 is 0 Å².